The van der Waals surface area contributed by atoms with Gasteiger partial charge < -0.3 is 20.5 Å². The number of aliphatic hydroxyl groups is 1. The van der Waals surface area contributed by atoms with Crippen LogP contribution in [0.25, 0.3) is 11.3 Å². The van der Waals surface area contributed by atoms with Gasteiger partial charge in [-0.1, -0.05) is 18.9 Å². The monoisotopic (exact) mass is 887 g/mol. The smallest absolute Gasteiger partial charge is 0.419 e. The Labute approximate surface area is 351 Å². The zero-order valence-electron chi connectivity index (χ0n) is 33.2. The highest BCUT2D eigenvalue weighted by Gasteiger charge is 2.46. The summed E-state index contributed by atoms with van der Waals surface area (Å²) >= 11 is 0. The number of carbonyl (C=O) groups is 5. The number of nitrogens with one attached hydrogen (secondary N) is 4. The van der Waals surface area contributed by atoms with Crippen LogP contribution in [0.3, 0.4) is 0 Å². The summed E-state index contributed by atoms with van der Waals surface area (Å²) in [7, 11) is -4.15. The highest BCUT2D eigenvalue weighted by molar-refractivity contribution is 7.89. The molecule has 1 unspecified atom stereocenters. The lowest BCUT2D eigenvalue weighted by atomic mass is 10.0. The molecule has 0 bridgehead atoms. The number of sulfonamides is 1. The van der Waals surface area contributed by atoms with Crippen molar-refractivity contribution in [3.63, 3.8) is 0 Å². The van der Waals surface area contributed by atoms with Crippen LogP contribution in [0.5, 0.6) is 5.75 Å². The van der Waals surface area contributed by atoms with Gasteiger partial charge in [-0.15, -0.1) is 0 Å². The van der Waals surface area contributed by atoms with Gasteiger partial charge in [0.2, 0.25) is 27.8 Å². The highest BCUT2D eigenvalue weighted by atomic mass is 32.2. The summed E-state index contributed by atoms with van der Waals surface area (Å²) in [5.74, 6) is -4.71. The van der Waals surface area contributed by atoms with Crippen LogP contribution in [0, 0.1) is 5.82 Å². The first-order chi connectivity index (χ1) is 29.2. The van der Waals surface area contributed by atoms with Crippen molar-refractivity contribution in [3.8, 4) is 17.0 Å². The lowest BCUT2D eigenvalue weighted by Gasteiger charge is -2.27. The Kier molecular flexibility index (Phi) is 13.4. The number of benzene rings is 2. The Balaban J connectivity index is 0.928. The third-order valence-electron chi connectivity index (χ3n) is 9.55. The summed E-state index contributed by atoms with van der Waals surface area (Å²) in [6.07, 6.45) is 0.153. The normalized spacial score (nSPS) is 15.7. The fraction of sp³-hybridized carbons (Fsp3) is 0.385. The molecular formula is C39H41F4N9O9S. The first-order valence-electron chi connectivity index (χ1n) is 19.2. The molecule has 4 heterocycles. The number of ether oxygens (including phenoxy) is 1. The number of nitrogens with zero attached hydrogens (tertiary/aromatic N) is 5. The van der Waals surface area contributed by atoms with E-state index in [1.165, 1.54) is 42.9 Å². The molecule has 1 atom stereocenters. The number of halogens is 4. The first kappa shape index (κ1) is 45.2. The standard InChI is InChI=1S/C39H41F4N9O9S/c1-38(2,58)21-51-19-22(17-46-51)33-25(39(41,42)43)18-45-37(50-33)48-27-11-10-23(16-26(27)40)62(59,60)47-15-6-4-3-5-14-44-31(54)20-61-29-9-7-8-24-32(29)36(57)52(35(24)56)28-12-13-30(53)49-34(28)55/h7-11,16-19,28,47,58H,3-6,12-15,20-21H2,1-2H3,(H,44,54)(H,45,48,50)(H,49,53,55). The topological polar surface area (TPSA) is 244 Å². The van der Waals surface area contributed by atoms with Crippen LogP contribution in [0.2, 0.25) is 0 Å². The molecule has 4 aromatic rings. The molecular weight excluding hydrogens is 847 g/mol. The number of anilines is 2. The summed E-state index contributed by atoms with van der Waals surface area (Å²) < 4.78 is 91.6. The molecule has 0 aliphatic carbocycles. The van der Waals surface area contributed by atoms with Gasteiger partial charge >= 0.3 is 6.18 Å². The van der Waals surface area contributed by atoms with Crippen LogP contribution in [0.15, 0.2) is 59.9 Å². The minimum absolute atomic E-state index is 0.00824. The van der Waals surface area contributed by atoms with E-state index in [0.29, 0.717) is 31.9 Å². The number of piperidine rings is 1. The molecule has 5 amide bonds. The highest BCUT2D eigenvalue weighted by Crippen LogP contribution is 2.37. The van der Waals surface area contributed by atoms with E-state index in [9.17, 15) is 50.7 Å². The van der Waals surface area contributed by atoms with Crippen LogP contribution in [0.4, 0.5) is 29.2 Å². The minimum atomic E-state index is -4.84. The van der Waals surface area contributed by atoms with Gasteiger partial charge in [0.15, 0.2) is 6.61 Å². The van der Waals surface area contributed by atoms with Crippen LogP contribution in [0.1, 0.15) is 78.7 Å². The molecule has 2 aromatic heterocycles. The predicted molar refractivity (Wildman–Crippen MR) is 210 cm³/mol. The fourth-order valence-electron chi connectivity index (χ4n) is 6.64. The minimum Gasteiger partial charge on any atom is -0.483 e. The first-order valence-corrected chi connectivity index (χ1v) is 20.7. The summed E-state index contributed by atoms with van der Waals surface area (Å²) in [4.78, 5) is 70.5. The van der Waals surface area contributed by atoms with Gasteiger partial charge in [-0.3, -0.25) is 38.9 Å². The molecule has 1 saturated heterocycles. The van der Waals surface area contributed by atoms with Crippen molar-refractivity contribution in [2.45, 2.75) is 81.6 Å². The number of unbranched alkanes of at least 4 members (excludes halogenated alkanes) is 3. The number of imide groups is 2. The Morgan fingerprint density at radius 3 is 2.45 bits per heavy atom. The molecule has 5 N–H and O–H groups in total. The van der Waals surface area contributed by atoms with Gasteiger partial charge in [0.25, 0.3) is 17.7 Å². The van der Waals surface area contributed by atoms with E-state index in [0.717, 1.165) is 29.3 Å². The zero-order chi connectivity index (χ0) is 45.0. The average Bonchev–Trinajstić information content (AvgIpc) is 3.75. The lowest BCUT2D eigenvalue weighted by Crippen LogP contribution is -2.54. The number of amides is 5. The largest absolute Gasteiger partial charge is 0.483 e. The van der Waals surface area contributed by atoms with Crippen molar-refractivity contribution in [3.05, 3.63) is 77.5 Å². The van der Waals surface area contributed by atoms with Gasteiger partial charge in [-0.2, -0.15) is 18.3 Å². The number of hydrogen-bond acceptors (Lipinski definition) is 13. The average molecular weight is 888 g/mol. The van der Waals surface area contributed by atoms with E-state index < -0.39 is 91.9 Å². The van der Waals surface area contributed by atoms with Crippen molar-refractivity contribution in [2.75, 3.05) is 25.0 Å². The Bertz CT molecular complexity index is 2510. The molecule has 23 heteroatoms. The van der Waals surface area contributed by atoms with E-state index in [4.69, 9.17) is 4.74 Å². The second-order valence-electron chi connectivity index (χ2n) is 15.0. The van der Waals surface area contributed by atoms with Gasteiger partial charge in [-0.25, -0.2) is 27.5 Å². The predicted octanol–water partition coefficient (Wildman–Crippen LogP) is 3.45. The molecule has 62 heavy (non-hydrogen) atoms. The molecule has 18 nitrogen and oxygen atoms in total. The van der Waals surface area contributed by atoms with E-state index in [-0.39, 0.29) is 60.6 Å². The second-order valence-corrected chi connectivity index (χ2v) is 16.8. The number of aromatic nitrogens is 4. The molecule has 1 fully saturated rings. The van der Waals surface area contributed by atoms with Gasteiger partial charge in [0, 0.05) is 37.5 Å². The van der Waals surface area contributed by atoms with Gasteiger partial charge in [-0.05, 0) is 63.4 Å². The van der Waals surface area contributed by atoms with Crippen LogP contribution in [-0.2, 0) is 37.1 Å². The summed E-state index contributed by atoms with van der Waals surface area (Å²) in [6, 6.07) is 6.06. The summed E-state index contributed by atoms with van der Waals surface area (Å²) in [6.45, 7) is 2.78. The van der Waals surface area contributed by atoms with E-state index in [1.54, 1.807) is 0 Å². The summed E-state index contributed by atoms with van der Waals surface area (Å²) in [5.41, 5.74) is -3.35. The molecule has 330 valence electrons. The van der Waals surface area contributed by atoms with E-state index in [1.807, 2.05) is 0 Å². The zero-order valence-corrected chi connectivity index (χ0v) is 34.0. The maximum Gasteiger partial charge on any atom is 0.419 e. The Hall–Kier alpha value is -6.33. The number of fused-ring (bicyclic) bond motifs is 1. The Morgan fingerprint density at radius 2 is 1.76 bits per heavy atom. The van der Waals surface area contributed by atoms with E-state index >= 15 is 4.39 Å². The van der Waals surface area contributed by atoms with Crippen molar-refractivity contribution in [1.82, 2.24) is 40.0 Å². The SMILES string of the molecule is CC(C)(O)Cn1cc(-c2nc(Nc3ccc(S(=O)(=O)NCCCCCCNC(=O)COc4cccc5c4C(=O)N(C4CCC(=O)NC4=O)C5=O)cc3F)ncc2C(F)(F)F)cn1. The van der Waals surface area contributed by atoms with Crippen molar-refractivity contribution in [1.29, 1.82) is 0 Å². The third kappa shape index (κ3) is 10.8. The number of alkyl halides is 3. The molecule has 2 aliphatic rings. The fourth-order valence-corrected chi connectivity index (χ4v) is 7.73. The van der Waals surface area contributed by atoms with Crippen LogP contribution < -0.4 is 25.4 Å². The number of hydrogen-bond donors (Lipinski definition) is 5. The molecule has 0 saturated carbocycles. The molecule has 0 radical (unpaired) electrons. The summed E-state index contributed by atoms with van der Waals surface area (Å²) in [5, 5.41) is 21.3. The van der Waals surface area contributed by atoms with Crippen molar-refractivity contribution < 1.29 is 59.8 Å². The van der Waals surface area contributed by atoms with Crippen LogP contribution in [-0.4, -0.2) is 99.0 Å². The second kappa shape index (κ2) is 18.3. The quantitative estimate of drug-likeness (QED) is 0.0547. The number of rotatable bonds is 18. The molecule has 2 aromatic carbocycles. The molecule has 6 rings (SSSR count). The van der Waals surface area contributed by atoms with Crippen molar-refractivity contribution >= 4 is 51.2 Å². The molecule has 2 aliphatic heterocycles. The van der Waals surface area contributed by atoms with Crippen LogP contribution >= 0.6 is 0 Å². The maximum atomic E-state index is 15.1. The van der Waals surface area contributed by atoms with Crippen molar-refractivity contribution in [2.24, 2.45) is 0 Å². The maximum absolute atomic E-state index is 15.1. The van der Waals surface area contributed by atoms with Gasteiger partial charge in [0.05, 0.1) is 45.7 Å². The lowest BCUT2D eigenvalue weighted by molar-refractivity contribution is -0.138. The molecule has 0 spiro atoms. The Morgan fingerprint density at radius 1 is 1.02 bits per heavy atom. The van der Waals surface area contributed by atoms with Gasteiger partial charge in [0.1, 0.15) is 23.2 Å². The number of carbonyl (C=O) groups excluding carboxylic acids is 5. The van der Waals surface area contributed by atoms with E-state index in [2.05, 4.69) is 35.7 Å². The third-order valence-corrected chi connectivity index (χ3v) is 11.0.